The summed E-state index contributed by atoms with van der Waals surface area (Å²) >= 11 is 0. The molecule has 8 atom stereocenters. The van der Waals surface area contributed by atoms with Crippen LogP contribution in [0.2, 0.25) is 0 Å². The van der Waals surface area contributed by atoms with Crippen molar-refractivity contribution in [3.8, 4) is 0 Å². The van der Waals surface area contributed by atoms with Gasteiger partial charge in [0.1, 0.15) is 0 Å². The van der Waals surface area contributed by atoms with Gasteiger partial charge in [-0.15, -0.1) is 0 Å². The summed E-state index contributed by atoms with van der Waals surface area (Å²) in [5, 5.41) is 23.9. The number of aliphatic hydroxyl groups is 2. The molecule has 40 heavy (non-hydrogen) atoms. The van der Waals surface area contributed by atoms with Crippen molar-refractivity contribution in [2.75, 3.05) is 0 Å². The Morgan fingerprint density at radius 2 is 1.45 bits per heavy atom. The average Bonchev–Trinajstić information content (AvgIpc) is 3.01. The Balaban J connectivity index is 1.41. The van der Waals surface area contributed by atoms with Crippen LogP contribution in [0.3, 0.4) is 0 Å². The molecule has 0 radical (unpaired) electrons. The summed E-state index contributed by atoms with van der Waals surface area (Å²) in [6.07, 6.45) is 12.1. The summed E-state index contributed by atoms with van der Waals surface area (Å²) in [4.78, 5) is 28.4. The van der Waals surface area contributed by atoms with E-state index >= 15 is 0 Å². The Morgan fingerprint density at radius 1 is 0.750 bits per heavy atom. The van der Waals surface area contributed by atoms with E-state index in [1.165, 1.54) is 22.3 Å². The van der Waals surface area contributed by atoms with E-state index in [0.717, 1.165) is 84.8 Å². The fourth-order valence-corrected chi connectivity index (χ4v) is 10.3. The van der Waals surface area contributed by atoms with E-state index < -0.39 is 12.2 Å². The zero-order valence-electron chi connectivity index (χ0n) is 23.9. The molecule has 0 saturated heterocycles. The highest BCUT2D eigenvalue weighted by molar-refractivity contribution is 6.15. The monoisotopic (exact) mass is 536 g/mol. The highest BCUT2D eigenvalue weighted by atomic mass is 16.3. The number of ketones is 2. The summed E-state index contributed by atoms with van der Waals surface area (Å²) in [6, 6.07) is 0. The van der Waals surface area contributed by atoms with Gasteiger partial charge in [-0.2, -0.15) is 0 Å². The van der Waals surface area contributed by atoms with Gasteiger partial charge in [-0.25, -0.2) is 0 Å². The lowest BCUT2D eigenvalue weighted by Crippen LogP contribution is -2.41. The SMILES string of the molecule is CCC1C2=C3C=C4C(=O)C5=C(CC(C)C(CC)C6CC7=C(C=C6CC5)C(=O)C5=C(CC1C(=C5)C3)C7O)[C@H](O)C4C2. The van der Waals surface area contributed by atoms with Gasteiger partial charge in [0.05, 0.1) is 12.2 Å². The molecule has 0 aromatic heterocycles. The Bertz CT molecular complexity index is 1500. The van der Waals surface area contributed by atoms with Crippen molar-refractivity contribution in [1.29, 1.82) is 0 Å². The number of allylic oxidation sites excluding steroid dienone is 10. The predicted molar refractivity (Wildman–Crippen MR) is 154 cm³/mol. The Kier molecular flexibility index (Phi) is 5.49. The number of hydrogen-bond acceptors (Lipinski definition) is 4. The van der Waals surface area contributed by atoms with Gasteiger partial charge >= 0.3 is 0 Å². The Labute approximate surface area is 237 Å². The molecule has 0 aromatic carbocycles. The number of Topliss-reactive ketones (excluding diaryl/α,β-unsaturated/α-hetero) is 2. The molecule has 208 valence electrons. The van der Waals surface area contributed by atoms with Crippen molar-refractivity contribution < 1.29 is 19.8 Å². The van der Waals surface area contributed by atoms with Crippen molar-refractivity contribution in [2.45, 2.75) is 90.8 Å². The van der Waals surface area contributed by atoms with Gasteiger partial charge in [0, 0.05) is 28.2 Å². The first-order chi connectivity index (χ1) is 19.3. The molecule has 0 amide bonds. The normalized spacial score (nSPS) is 39.8. The van der Waals surface area contributed by atoms with Crippen LogP contribution in [-0.2, 0) is 9.59 Å². The first kappa shape index (κ1) is 25.2. The first-order valence-electron chi connectivity index (χ1n) is 15.8. The molecule has 0 fully saturated rings. The van der Waals surface area contributed by atoms with Crippen LogP contribution in [0, 0.1) is 35.5 Å². The van der Waals surface area contributed by atoms with Gasteiger partial charge in [-0.1, -0.05) is 62.1 Å². The Morgan fingerprint density at radius 3 is 2.17 bits per heavy atom. The van der Waals surface area contributed by atoms with Crippen LogP contribution in [0.25, 0.3) is 0 Å². The van der Waals surface area contributed by atoms with E-state index in [1.54, 1.807) is 0 Å². The van der Waals surface area contributed by atoms with Gasteiger partial charge in [0.25, 0.3) is 0 Å². The third kappa shape index (κ3) is 3.21. The van der Waals surface area contributed by atoms with Crippen LogP contribution in [0.4, 0.5) is 0 Å². The minimum atomic E-state index is -0.687. The first-order valence-corrected chi connectivity index (χ1v) is 15.8. The average molecular weight is 537 g/mol. The minimum Gasteiger partial charge on any atom is -0.388 e. The number of hydrogen-bond donors (Lipinski definition) is 2. The smallest absolute Gasteiger partial charge is 0.193 e. The maximum atomic E-state index is 14.3. The molecule has 4 heteroatoms. The van der Waals surface area contributed by atoms with Crippen LogP contribution >= 0.6 is 0 Å². The molecule has 2 N–H and O–H groups in total. The molecule has 7 bridgehead atoms. The standard InChI is InChI=1S/C36H40O4/c1-4-20-16(3)8-26-22-7-6-17-10-27-30(13-23(17)20)36(40)32-15-25-19(12-29(32)35(27)39)9-18-11-28(33(22)37)31(34(26)38)14-24(18)21(25)5-2/h10-12,16,20-21,23,25,31,34,36,38,40H,4-9,13-15H2,1-3H3/t16?,20?,21?,23?,25?,31?,34-,36?/m0/s1. The van der Waals surface area contributed by atoms with Gasteiger partial charge in [-0.05, 0) is 103 Å². The lowest BCUT2D eigenvalue weighted by atomic mass is 9.58. The summed E-state index contributed by atoms with van der Waals surface area (Å²) < 4.78 is 0. The molecule has 4 nitrogen and oxygen atoms in total. The predicted octanol–water partition coefficient (Wildman–Crippen LogP) is 6.19. The second-order valence-corrected chi connectivity index (χ2v) is 13.9. The zero-order chi connectivity index (χ0) is 27.6. The summed E-state index contributed by atoms with van der Waals surface area (Å²) in [7, 11) is 0. The van der Waals surface area contributed by atoms with E-state index in [0.29, 0.717) is 23.8 Å². The fraction of sp³-hybridized carbons (Fsp3) is 0.556. The second-order valence-electron chi connectivity index (χ2n) is 13.9. The van der Waals surface area contributed by atoms with E-state index in [2.05, 4.69) is 39.0 Å². The summed E-state index contributed by atoms with van der Waals surface area (Å²) in [6.45, 7) is 6.77. The van der Waals surface area contributed by atoms with Gasteiger partial charge < -0.3 is 10.2 Å². The molecule has 8 aliphatic carbocycles. The lowest BCUT2D eigenvalue weighted by Gasteiger charge is -2.46. The van der Waals surface area contributed by atoms with Crippen molar-refractivity contribution in [3.63, 3.8) is 0 Å². The minimum absolute atomic E-state index is 0.0862. The highest BCUT2D eigenvalue weighted by Crippen LogP contribution is 2.56. The zero-order valence-corrected chi connectivity index (χ0v) is 23.9. The molecule has 0 aromatic rings. The quantitative estimate of drug-likeness (QED) is 0.441. The number of carbonyl (C=O) groups is 2. The molecule has 0 saturated carbocycles. The van der Waals surface area contributed by atoms with Crippen molar-refractivity contribution >= 4 is 11.6 Å². The topological polar surface area (TPSA) is 74.6 Å². The molecule has 7 unspecified atom stereocenters. The van der Waals surface area contributed by atoms with Gasteiger partial charge in [0.2, 0.25) is 0 Å². The Hall–Kier alpha value is -2.56. The van der Waals surface area contributed by atoms with Crippen molar-refractivity contribution in [2.24, 2.45) is 35.5 Å². The number of aliphatic hydroxyl groups excluding tert-OH is 2. The maximum absolute atomic E-state index is 14.3. The number of fused-ring (bicyclic) bond motifs is 1. The molecule has 0 aliphatic heterocycles. The third-order valence-electron chi connectivity index (χ3n) is 12.3. The highest BCUT2D eigenvalue weighted by Gasteiger charge is 2.49. The van der Waals surface area contributed by atoms with Crippen LogP contribution in [0.15, 0.2) is 79.5 Å². The van der Waals surface area contributed by atoms with E-state index in [-0.39, 0.29) is 35.2 Å². The largest absolute Gasteiger partial charge is 0.388 e. The third-order valence-corrected chi connectivity index (χ3v) is 12.3. The summed E-state index contributed by atoms with van der Waals surface area (Å²) in [5.41, 5.74) is 11.1. The molecular weight excluding hydrogens is 496 g/mol. The molecule has 8 aliphatic rings. The van der Waals surface area contributed by atoms with E-state index in [4.69, 9.17) is 0 Å². The fourth-order valence-electron chi connectivity index (χ4n) is 10.3. The number of rotatable bonds is 2. The second kappa shape index (κ2) is 8.72. The van der Waals surface area contributed by atoms with Crippen LogP contribution in [-0.4, -0.2) is 34.0 Å². The lowest BCUT2D eigenvalue weighted by molar-refractivity contribution is -0.114. The van der Waals surface area contributed by atoms with E-state index in [9.17, 15) is 19.8 Å². The summed E-state index contributed by atoms with van der Waals surface area (Å²) in [5.74, 6) is 1.54. The molecule has 0 heterocycles. The van der Waals surface area contributed by atoms with Gasteiger partial charge in [0.15, 0.2) is 11.6 Å². The van der Waals surface area contributed by atoms with Crippen molar-refractivity contribution in [3.05, 3.63) is 79.5 Å². The molecule has 0 spiro atoms. The van der Waals surface area contributed by atoms with Crippen LogP contribution in [0.1, 0.15) is 78.6 Å². The van der Waals surface area contributed by atoms with Crippen LogP contribution < -0.4 is 0 Å². The molecular formula is C36H40O4. The van der Waals surface area contributed by atoms with Crippen LogP contribution in [0.5, 0.6) is 0 Å². The van der Waals surface area contributed by atoms with Crippen molar-refractivity contribution in [1.82, 2.24) is 0 Å². The van der Waals surface area contributed by atoms with Gasteiger partial charge in [-0.3, -0.25) is 9.59 Å². The maximum Gasteiger partial charge on any atom is 0.193 e. The number of carbonyl (C=O) groups excluding carboxylic acids is 2. The van der Waals surface area contributed by atoms with E-state index in [1.807, 2.05) is 0 Å². The molecule has 8 rings (SSSR count).